The molecule has 3 nitrogen and oxygen atoms in total. The molecule has 0 radical (unpaired) electrons. The first kappa shape index (κ1) is 12.8. The normalized spacial score (nSPS) is 8.94. The van der Waals surface area contributed by atoms with Crippen LogP contribution in [0.5, 0.6) is 0 Å². The number of hydrogen-bond donors (Lipinski definition) is 0. The third-order valence-corrected chi connectivity index (χ3v) is 2.55. The van der Waals surface area contributed by atoms with Crippen LogP contribution in [0, 0.1) is 22.7 Å². The average Bonchev–Trinajstić information content (AvgIpc) is 2.38. The molecule has 0 amide bonds. The summed E-state index contributed by atoms with van der Waals surface area (Å²) in [6.45, 7) is 6.07. The topological polar surface area (TPSA) is 50.8 Å². The summed E-state index contributed by atoms with van der Waals surface area (Å²) in [6.07, 6.45) is 1.60. The predicted octanol–water partition coefficient (Wildman–Crippen LogP) is 2.96. The van der Waals surface area contributed by atoms with Crippen LogP contribution >= 0.6 is 0 Å². The fourth-order valence-corrected chi connectivity index (χ4v) is 1.66. The minimum absolute atomic E-state index is 0.127. The van der Waals surface area contributed by atoms with Crippen molar-refractivity contribution in [1.29, 1.82) is 10.5 Å². The van der Waals surface area contributed by atoms with E-state index in [2.05, 4.69) is 18.7 Å². The molecule has 17 heavy (non-hydrogen) atoms. The van der Waals surface area contributed by atoms with Gasteiger partial charge in [0.05, 0.1) is 0 Å². The number of hydrogen-bond acceptors (Lipinski definition) is 3. The largest absolute Gasteiger partial charge is 0.372 e. The Hall–Kier alpha value is -2.26. The van der Waals surface area contributed by atoms with Crippen molar-refractivity contribution in [3.63, 3.8) is 0 Å². The van der Waals surface area contributed by atoms with E-state index in [4.69, 9.17) is 10.5 Å². The van der Waals surface area contributed by atoms with Crippen molar-refractivity contribution in [2.75, 3.05) is 18.0 Å². The summed E-state index contributed by atoms with van der Waals surface area (Å²) < 4.78 is 0. The molecule has 0 aromatic heterocycles. The van der Waals surface area contributed by atoms with Crippen LogP contribution in [0.3, 0.4) is 0 Å². The van der Waals surface area contributed by atoms with E-state index in [-0.39, 0.29) is 5.57 Å². The van der Waals surface area contributed by atoms with Gasteiger partial charge in [0.1, 0.15) is 17.7 Å². The highest BCUT2D eigenvalue weighted by atomic mass is 15.1. The molecule has 0 fully saturated rings. The van der Waals surface area contributed by atoms with E-state index in [1.165, 1.54) is 0 Å². The van der Waals surface area contributed by atoms with Crippen molar-refractivity contribution in [2.24, 2.45) is 0 Å². The van der Waals surface area contributed by atoms with Crippen molar-refractivity contribution in [2.45, 2.75) is 13.8 Å². The Balaban J connectivity index is 3.07. The Morgan fingerprint density at radius 2 is 1.88 bits per heavy atom. The zero-order valence-corrected chi connectivity index (χ0v) is 10.1. The molecule has 1 rings (SSSR count). The predicted molar refractivity (Wildman–Crippen MR) is 69.2 cm³/mol. The van der Waals surface area contributed by atoms with Gasteiger partial charge in [-0.1, -0.05) is 12.1 Å². The summed E-state index contributed by atoms with van der Waals surface area (Å²) in [5.74, 6) is 0. The van der Waals surface area contributed by atoms with Crippen LogP contribution in [0.2, 0.25) is 0 Å². The zero-order chi connectivity index (χ0) is 12.7. The van der Waals surface area contributed by atoms with Gasteiger partial charge in [0.15, 0.2) is 0 Å². The fraction of sp³-hybridized carbons (Fsp3) is 0.286. The molecule has 0 aliphatic heterocycles. The lowest BCUT2D eigenvalue weighted by Gasteiger charge is -2.21. The van der Waals surface area contributed by atoms with Crippen LogP contribution in [0.1, 0.15) is 19.4 Å². The van der Waals surface area contributed by atoms with Crippen LogP contribution in [0.4, 0.5) is 5.69 Å². The second-order valence-electron chi connectivity index (χ2n) is 3.55. The lowest BCUT2D eigenvalue weighted by atomic mass is 10.1. The summed E-state index contributed by atoms with van der Waals surface area (Å²) in [6, 6.07) is 11.6. The van der Waals surface area contributed by atoms with Gasteiger partial charge in [0.2, 0.25) is 0 Å². The van der Waals surface area contributed by atoms with Crippen LogP contribution in [-0.4, -0.2) is 13.1 Å². The van der Waals surface area contributed by atoms with Gasteiger partial charge in [0.25, 0.3) is 0 Å². The van der Waals surface area contributed by atoms with Gasteiger partial charge in [-0.2, -0.15) is 10.5 Å². The molecule has 0 bridgehead atoms. The first-order valence-electron chi connectivity index (χ1n) is 5.62. The van der Waals surface area contributed by atoms with E-state index in [0.29, 0.717) is 0 Å². The Kier molecular flexibility index (Phi) is 4.78. The van der Waals surface area contributed by atoms with Gasteiger partial charge in [-0.3, -0.25) is 0 Å². The van der Waals surface area contributed by atoms with Crippen molar-refractivity contribution >= 4 is 11.8 Å². The second-order valence-corrected chi connectivity index (χ2v) is 3.55. The third kappa shape index (κ3) is 3.36. The highest BCUT2D eigenvalue weighted by molar-refractivity contribution is 5.65. The fourth-order valence-electron chi connectivity index (χ4n) is 1.66. The van der Waals surface area contributed by atoms with E-state index in [9.17, 15) is 0 Å². The Labute approximate surface area is 102 Å². The molecule has 0 spiro atoms. The molecule has 0 aliphatic rings. The van der Waals surface area contributed by atoms with Crippen molar-refractivity contribution in [3.05, 3.63) is 35.4 Å². The summed E-state index contributed by atoms with van der Waals surface area (Å²) in [7, 11) is 0. The lowest BCUT2D eigenvalue weighted by molar-refractivity contribution is 0.866. The van der Waals surface area contributed by atoms with Gasteiger partial charge < -0.3 is 4.90 Å². The smallest absolute Gasteiger partial charge is 0.130 e. The molecule has 0 atom stereocenters. The summed E-state index contributed by atoms with van der Waals surface area (Å²) in [4.78, 5) is 2.22. The first-order valence-corrected chi connectivity index (χ1v) is 5.62. The van der Waals surface area contributed by atoms with Gasteiger partial charge in [-0.15, -0.1) is 0 Å². The molecule has 0 saturated carbocycles. The zero-order valence-electron chi connectivity index (χ0n) is 10.1. The Morgan fingerprint density at radius 1 is 1.24 bits per heavy atom. The average molecular weight is 225 g/mol. The van der Waals surface area contributed by atoms with Gasteiger partial charge in [0, 0.05) is 18.8 Å². The molecule has 3 heteroatoms. The van der Waals surface area contributed by atoms with Crippen LogP contribution < -0.4 is 4.90 Å². The third-order valence-electron chi connectivity index (χ3n) is 2.55. The van der Waals surface area contributed by atoms with Gasteiger partial charge >= 0.3 is 0 Å². The number of anilines is 1. The number of rotatable bonds is 4. The maximum absolute atomic E-state index is 8.71. The van der Waals surface area contributed by atoms with E-state index in [1.807, 2.05) is 36.4 Å². The number of allylic oxidation sites excluding steroid dienone is 1. The Bertz CT molecular complexity index is 469. The number of nitriles is 2. The monoisotopic (exact) mass is 225 g/mol. The van der Waals surface area contributed by atoms with E-state index < -0.39 is 0 Å². The summed E-state index contributed by atoms with van der Waals surface area (Å²) >= 11 is 0. The molecule has 1 aromatic rings. The van der Waals surface area contributed by atoms with Crippen molar-refractivity contribution < 1.29 is 0 Å². The van der Waals surface area contributed by atoms with Crippen molar-refractivity contribution in [1.82, 2.24) is 0 Å². The number of benzene rings is 1. The highest BCUT2D eigenvalue weighted by Gasteiger charge is 2.02. The molecule has 1 aromatic carbocycles. The first-order chi connectivity index (χ1) is 8.24. The molecular weight excluding hydrogens is 210 g/mol. The van der Waals surface area contributed by atoms with Gasteiger partial charge in [-0.25, -0.2) is 0 Å². The number of nitrogens with zero attached hydrogens (tertiary/aromatic N) is 3. The molecular formula is C14H15N3. The molecule has 0 N–H and O–H groups in total. The lowest BCUT2D eigenvalue weighted by Crippen LogP contribution is -2.21. The van der Waals surface area contributed by atoms with Crippen LogP contribution in [0.15, 0.2) is 29.8 Å². The van der Waals surface area contributed by atoms with Crippen LogP contribution in [0.25, 0.3) is 6.08 Å². The molecule has 0 heterocycles. The quantitative estimate of drug-likeness (QED) is 0.740. The highest BCUT2D eigenvalue weighted by Crippen LogP contribution is 2.17. The van der Waals surface area contributed by atoms with E-state index in [0.717, 1.165) is 24.3 Å². The van der Waals surface area contributed by atoms with E-state index >= 15 is 0 Å². The standard InChI is InChI=1S/C14H15N3/c1-3-17(4-2)14-7-5-6-12(9-14)8-13(10-15)11-16/h5-9H,3-4H2,1-2H3. The second kappa shape index (κ2) is 6.35. The maximum atomic E-state index is 8.71. The van der Waals surface area contributed by atoms with Crippen molar-refractivity contribution in [3.8, 4) is 12.1 Å². The Morgan fingerprint density at radius 3 is 2.41 bits per heavy atom. The minimum Gasteiger partial charge on any atom is -0.372 e. The maximum Gasteiger partial charge on any atom is 0.130 e. The van der Waals surface area contributed by atoms with Gasteiger partial charge in [-0.05, 0) is 37.6 Å². The molecule has 0 aliphatic carbocycles. The summed E-state index contributed by atoms with van der Waals surface area (Å²) in [5.41, 5.74) is 2.12. The minimum atomic E-state index is 0.127. The molecule has 0 saturated heterocycles. The van der Waals surface area contributed by atoms with Crippen LogP contribution in [-0.2, 0) is 0 Å². The van der Waals surface area contributed by atoms with E-state index in [1.54, 1.807) is 6.08 Å². The molecule has 86 valence electrons. The summed E-state index contributed by atoms with van der Waals surface area (Å²) in [5, 5.41) is 17.4. The molecule has 0 unspecified atom stereocenters. The SMILES string of the molecule is CCN(CC)c1cccc(C=C(C#N)C#N)c1.